The maximum absolute atomic E-state index is 5.36. The van der Waals surface area contributed by atoms with E-state index in [9.17, 15) is 0 Å². The zero-order valence-electron chi connectivity index (χ0n) is 15.9. The third-order valence-electron chi connectivity index (χ3n) is 5.86. The van der Waals surface area contributed by atoms with Crippen LogP contribution < -0.4 is 10.6 Å². The highest BCUT2D eigenvalue weighted by Gasteiger charge is 2.58. The van der Waals surface area contributed by atoms with Gasteiger partial charge in [0.2, 0.25) is 0 Å². The number of hydrogen-bond donors (Lipinski definition) is 3. The summed E-state index contributed by atoms with van der Waals surface area (Å²) in [5, 5.41) is 8.86. The second-order valence-corrected chi connectivity index (χ2v) is 8.35. The number of aromatic amines is 1. The minimum absolute atomic E-state index is 0.356. The van der Waals surface area contributed by atoms with E-state index in [0.29, 0.717) is 17.3 Å². The molecule has 0 aliphatic heterocycles. The molecular weight excluding hydrogens is 326 g/mol. The number of thiocarbonyl (C=S) groups is 1. The van der Waals surface area contributed by atoms with Crippen LogP contribution in [0.1, 0.15) is 57.2 Å². The minimum Gasteiger partial charge on any atom is -0.363 e. The van der Waals surface area contributed by atoms with Gasteiger partial charge >= 0.3 is 0 Å². The molecular formula is C21H31N3S. The standard InChI is InChI=1S/C21H31N3S/c1-5-6-12-22-20(25)23-13-11-16-19(21(16,3)4)18-14(2)24-17-10-8-7-9-15(17)18/h7-10,16,19,24H,5-6,11-13H2,1-4H3,(H2,22,23,25)/t16-,19-/m1/s1. The predicted molar refractivity (Wildman–Crippen MR) is 111 cm³/mol. The molecule has 1 heterocycles. The molecule has 1 fully saturated rings. The molecule has 136 valence electrons. The van der Waals surface area contributed by atoms with Gasteiger partial charge < -0.3 is 15.6 Å². The number of benzene rings is 1. The first-order chi connectivity index (χ1) is 12.0. The van der Waals surface area contributed by atoms with E-state index in [4.69, 9.17) is 12.2 Å². The summed E-state index contributed by atoms with van der Waals surface area (Å²) in [4.78, 5) is 3.56. The van der Waals surface area contributed by atoms with Crippen molar-refractivity contribution in [3.8, 4) is 0 Å². The number of rotatable bonds is 7. The summed E-state index contributed by atoms with van der Waals surface area (Å²) in [5.41, 5.74) is 4.46. The molecule has 0 saturated heterocycles. The van der Waals surface area contributed by atoms with Gasteiger partial charge in [0.05, 0.1) is 0 Å². The van der Waals surface area contributed by atoms with Gasteiger partial charge in [0.1, 0.15) is 0 Å². The molecule has 3 N–H and O–H groups in total. The number of aryl methyl sites for hydroxylation is 1. The summed E-state index contributed by atoms with van der Waals surface area (Å²) in [7, 11) is 0. The van der Waals surface area contributed by atoms with Crippen LogP contribution in [0.3, 0.4) is 0 Å². The molecule has 1 aromatic carbocycles. The molecule has 1 aliphatic carbocycles. The van der Waals surface area contributed by atoms with Gasteiger partial charge in [-0.3, -0.25) is 0 Å². The molecule has 0 bridgehead atoms. The van der Waals surface area contributed by atoms with E-state index in [1.54, 1.807) is 0 Å². The summed E-state index contributed by atoms with van der Waals surface area (Å²) in [5.74, 6) is 1.34. The van der Waals surface area contributed by atoms with E-state index >= 15 is 0 Å². The molecule has 3 rings (SSSR count). The van der Waals surface area contributed by atoms with Crippen LogP contribution in [0.15, 0.2) is 24.3 Å². The smallest absolute Gasteiger partial charge is 0.166 e. The van der Waals surface area contributed by atoms with Gasteiger partial charge in [-0.25, -0.2) is 0 Å². The molecule has 0 radical (unpaired) electrons. The van der Waals surface area contributed by atoms with Gasteiger partial charge in [-0.15, -0.1) is 0 Å². The molecule has 2 aromatic rings. The van der Waals surface area contributed by atoms with Gasteiger partial charge in [-0.05, 0) is 60.9 Å². The second-order valence-electron chi connectivity index (χ2n) is 7.94. The Hall–Kier alpha value is -1.55. The Labute approximate surface area is 157 Å². The number of unbranched alkanes of at least 4 members (excludes halogenated alkanes) is 1. The summed E-state index contributed by atoms with van der Waals surface area (Å²) in [6.07, 6.45) is 3.52. The third-order valence-corrected chi connectivity index (χ3v) is 6.15. The van der Waals surface area contributed by atoms with Crippen LogP contribution in [0.5, 0.6) is 0 Å². The Balaban J connectivity index is 1.61. The lowest BCUT2D eigenvalue weighted by atomic mass is 10.0. The largest absolute Gasteiger partial charge is 0.363 e. The van der Waals surface area contributed by atoms with E-state index in [1.807, 2.05) is 0 Å². The van der Waals surface area contributed by atoms with Crippen molar-refractivity contribution < 1.29 is 0 Å². The average molecular weight is 358 g/mol. The van der Waals surface area contributed by atoms with Crippen LogP contribution in [0.25, 0.3) is 10.9 Å². The first-order valence-corrected chi connectivity index (χ1v) is 9.96. The molecule has 0 amide bonds. The van der Waals surface area contributed by atoms with Crippen molar-refractivity contribution in [2.75, 3.05) is 13.1 Å². The number of para-hydroxylation sites is 1. The van der Waals surface area contributed by atoms with Crippen LogP contribution in [0.4, 0.5) is 0 Å². The average Bonchev–Trinajstić information content (AvgIpc) is 2.94. The number of nitrogens with one attached hydrogen (secondary N) is 3. The number of fused-ring (bicyclic) bond motifs is 1. The van der Waals surface area contributed by atoms with Crippen LogP contribution in [-0.4, -0.2) is 23.2 Å². The van der Waals surface area contributed by atoms with Crippen molar-refractivity contribution in [2.45, 2.75) is 52.9 Å². The predicted octanol–water partition coefficient (Wildman–Crippen LogP) is 4.87. The highest BCUT2D eigenvalue weighted by atomic mass is 32.1. The first-order valence-electron chi connectivity index (χ1n) is 9.55. The lowest BCUT2D eigenvalue weighted by Gasteiger charge is -2.10. The summed E-state index contributed by atoms with van der Waals surface area (Å²) < 4.78 is 0. The van der Waals surface area contributed by atoms with Crippen molar-refractivity contribution in [3.63, 3.8) is 0 Å². The van der Waals surface area contributed by atoms with Gasteiger partial charge in [-0.1, -0.05) is 45.4 Å². The number of aromatic nitrogens is 1. The van der Waals surface area contributed by atoms with Crippen LogP contribution >= 0.6 is 12.2 Å². The van der Waals surface area contributed by atoms with Gasteiger partial charge in [0, 0.05) is 29.7 Å². The fourth-order valence-electron chi connectivity index (χ4n) is 4.34. The maximum Gasteiger partial charge on any atom is 0.166 e. The third kappa shape index (κ3) is 3.69. The van der Waals surface area contributed by atoms with Crippen LogP contribution in [0.2, 0.25) is 0 Å². The molecule has 25 heavy (non-hydrogen) atoms. The fraction of sp³-hybridized carbons (Fsp3) is 0.571. The van der Waals surface area contributed by atoms with Crippen molar-refractivity contribution >= 4 is 28.2 Å². The number of H-pyrrole nitrogens is 1. The monoisotopic (exact) mass is 357 g/mol. The van der Waals surface area contributed by atoms with E-state index in [-0.39, 0.29) is 0 Å². The number of hydrogen-bond acceptors (Lipinski definition) is 1. The lowest BCUT2D eigenvalue weighted by molar-refractivity contribution is 0.527. The van der Waals surface area contributed by atoms with E-state index in [1.165, 1.54) is 35.0 Å². The van der Waals surface area contributed by atoms with Crippen LogP contribution in [-0.2, 0) is 0 Å². The molecule has 0 spiro atoms. The first kappa shape index (κ1) is 18.2. The van der Waals surface area contributed by atoms with E-state index in [2.05, 4.69) is 67.6 Å². The molecule has 4 heteroatoms. The SMILES string of the molecule is CCCCNC(=S)NCC[C@@H]1[C@H](c2c(C)[nH]c3ccccc23)C1(C)C. The summed E-state index contributed by atoms with van der Waals surface area (Å²) in [6.45, 7) is 11.1. The zero-order valence-corrected chi connectivity index (χ0v) is 16.7. The summed E-state index contributed by atoms with van der Waals surface area (Å²) in [6, 6.07) is 8.68. The fourth-order valence-corrected chi connectivity index (χ4v) is 4.54. The Kier molecular flexibility index (Phi) is 5.38. The quantitative estimate of drug-likeness (QED) is 0.489. The van der Waals surface area contributed by atoms with Gasteiger partial charge in [0.25, 0.3) is 0 Å². The molecule has 1 aromatic heterocycles. The Morgan fingerprint density at radius 1 is 1.20 bits per heavy atom. The Bertz CT molecular complexity index is 747. The van der Waals surface area contributed by atoms with E-state index < -0.39 is 0 Å². The second kappa shape index (κ2) is 7.36. The van der Waals surface area contributed by atoms with Gasteiger partial charge in [0.15, 0.2) is 5.11 Å². The van der Waals surface area contributed by atoms with Crippen molar-refractivity contribution in [3.05, 3.63) is 35.5 Å². The molecule has 0 unspecified atom stereocenters. The highest BCUT2D eigenvalue weighted by Crippen LogP contribution is 2.67. The molecule has 3 nitrogen and oxygen atoms in total. The lowest BCUT2D eigenvalue weighted by Crippen LogP contribution is -2.36. The topological polar surface area (TPSA) is 39.8 Å². The van der Waals surface area contributed by atoms with Crippen molar-refractivity contribution in [1.82, 2.24) is 15.6 Å². The van der Waals surface area contributed by atoms with E-state index in [0.717, 1.165) is 24.6 Å². The zero-order chi connectivity index (χ0) is 18.0. The Morgan fingerprint density at radius 3 is 2.68 bits per heavy atom. The highest BCUT2D eigenvalue weighted by molar-refractivity contribution is 7.80. The summed E-state index contributed by atoms with van der Waals surface area (Å²) >= 11 is 5.36. The Morgan fingerprint density at radius 2 is 1.92 bits per heavy atom. The molecule has 1 saturated carbocycles. The minimum atomic E-state index is 0.356. The van der Waals surface area contributed by atoms with Crippen molar-refractivity contribution in [1.29, 1.82) is 0 Å². The van der Waals surface area contributed by atoms with Gasteiger partial charge in [-0.2, -0.15) is 0 Å². The maximum atomic E-state index is 5.36. The molecule has 2 atom stereocenters. The van der Waals surface area contributed by atoms with Crippen molar-refractivity contribution in [2.24, 2.45) is 11.3 Å². The normalized spacial score (nSPS) is 21.3. The molecule has 1 aliphatic rings. The van der Waals surface area contributed by atoms with Crippen LogP contribution in [0, 0.1) is 18.3 Å².